The molecule has 0 unspecified atom stereocenters. The van der Waals surface area contributed by atoms with Gasteiger partial charge >= 0.3 is 0 Å². The van der Waals surface area contributed by atoms with Crippen molar-refractivity contribution in [2.24, 2.45) is 0 Å². The Kier molecular flexibility index (Phi) is 4.35. The molecule has 0 aliphatic carbocycles. The second-order valence-corrected chi connectivity index (χ2v) is 5.27. The van der Waals surface area contributed by atoms with Gasteiger partial charge in [0.1, 0.15) is 0 Å². The molecule has 3 aromatic rings. The lowest BCUT2D eigenvalue weighted by molar-refractivity contribution is -0.121. The molecule has 3 rings (SSSR count). The molecule has 0 aliphatic heterocycles. The Hall–Kier alpha value is -2.39. The van der Waals surface area contributed by atoms with Crippen molar-refractivity contribution in [1.29, 1.82) is 0 Å². The van der Waals surface area contributed by atoms with Gasteiger partial charge in [-0.3, -0.25) is 4.79 Å². The van der Waals surface area contributed by atoms with Gasteiger partial charge in [0.2, 0.25) is 5.91 Å². The molecule has 3 nitrogen and oxygen atoms in total. The quantitative estimate of drug-likeness (QED) is 0.726. The highest BCUT2D eigenvalue weighted by Crippen LogP contribution is 2.25. The van der Waals surface area contributed by atoms with Crippen LogP contribution in [0.1, 0.15) is 12.0 Å². The van der Waals surface area contributed by atoms with E-state index in [1.165, 1.54) is 21.5 Å². The van der Waals surface area contributed by atoms with E-state index in [0.29, 0.717) is 19.6 Å². The number of carbonyl (C=O) groups is 1. The fourth-order valence-electron chi connectivity index (χ4n) is 2.63. The molecule has 0 aromatic heterocycles. The smallest absolute Gasteiger partial charge is 0.222 e. The number of hydrogen-bond donors (Lipinski definition) is 1. The molecule has 1 amide bonds. The molecule has 1 N–H and O–H groups in total. The number of amides is 1. The van der Waals surface area contributed by atoms with Crippen molar-refractivity contribution in [3.8, 4) is 0 Å². The summed E-state index contributed by atoms with van der Waals surface area (Å²) in [5, 5.41) is 7.72. The number of benzene rings is 3. The second-order valence-electron chi connectivity index (χ2n) is 5.27. The van der Waals surface area contributed by atoms with E-state index >= 15 is 0 Å². The SMILES string of the molecule is [CH2]OCCC(=O)NCc1cccc2cc3ccccc3cc12. The van der Waals surface area contributed by atoms with E-state index in [2.05, 4.69) is 53.6 Å². The first kappa shape index (κ1) is 14.5. The van der Waals surface area contributed by atoms with E-state index in [-0.39, 0.29) is 5.91 Å². The molecule has 111 valence electrons. The van der Waals surface area contributed by atoms with Crippen LogP contribution in [0.15, 0.2) is 54.6 Å². The van der Waals surface area contributed by atoms with Crippen LogP contribution in [0.3, 0.4) is 0 Å². The highest BCUT2D eigenvalue weighted by molar-refractivity contribution is 5.99. The Morgan fingerprint density at radius 2 is 1.73 bits per heavy atom. The predicted octanol–water partition coefficient (Wildman–Crippen LogP) is 3.81. The number of rotatable bonds is 5. The average molecular weight is 292 g/mol. The fraction of sp³-hybridized carbons (Fsp3) is 0.158. The van der Waals surface area contributed by atoms with Gasteiger partial charge < -0.3 is 10.1 Å². The van der Waals surface area contributed by atoms with E-state index in [0.717, 1.165) is 5.56 Å². The van der Waals surface area contributed by atoms with E-state index in [4.69, 9.17) is 0 Å². The van der Waals surface area contributed by atoms with Crippen LogP contribution < -0.4 is 5.32 Å². The van der Waals surface area contributed by atoms with Crippen LogP contribution in [0.4, 0.5) is 0 Å². The molecule has 3 heteroatoms. The minimum Gasteiger partial charge on any atom is -0.379 e. The van der Waals surface area contributed by atoms with Crippen molar-refractivity contribution in [2.45, 2.75) is 13.0 Å². The molecule has 0 saturated heterocycles. The Morgan fingerprint density at radius 1 is 1.00 bits per heavy atom. The van der Waals surface area contributed by atoms with E-state index in [1.54, 1.807) is 0 Å². The van der Waals surface area contributed by atoms with Crippen LogP contribution >= 0.6 is 0 Å². The zero-order valence-electron chi connectivity index (χ0n) is 12.3. The lowest BCUT2D eigenvalue weighted by Crippen LogP contribution is -2.23. The van der Waals surface area contributed by atoms with Crippen LogP contribution in [0, 0.1) is 7.11 Å². The number of carbonyl (C=O) groups excluding carboxylic acids is 1. The third-order valence-electron chi connectivity index (χ3n) is 3.79. The molecule has 0 saturated carbocycles. The van der Waals surface area contributed by atoms with Crippen molar-refractivity contribution >= 4 is 27.5 Å². The number of hydrogen-bond acceptors (Lipinski definition) is 2. The summed E-state index contributed by atoms with van der Waals surface area (Å²) in [6, 6.07) is 18.9. The molecular weight excluding hydrogens is 274 g/mol. The van der Waals surface area contributed by atoms with Crippen molar-refractivity contribution in [3.63, 3.8) is 0 Å². The van der Waals surface area contributed by atoms with E-state index < -0.39 is 0 Å². The van der Waals surface area contributed by atoms with Crippen molar-refractivity contribution in [1.82, 2.24) is 5.32 Å². The Morgan fingerprint density at radius 3 is 2.50 bits per heavy atom. The molecule has 0 heterocycles. The standard InChI is InChI=1S/C19H18NO2/c1-22-10-9-19(21)20-13-17-8-4-7-16-11-14-5-2-3-6-15(14)12-18(16)17/h2-8,11-12H,1,9-10,13H2,(H,20,21). The summed E-state index contributed by atoms with van der Waals surface area (Å²) in [4.78, 5) is 11.7. The van der Waals surface area contributed by atoms with Crippen LogP contribution in [-0.2, 0) is 16.1 Å². The summed E-state index contributed by atoms with van der Waals surface area (Å²) in [5.74, 6) is -0.0264. The van der Waals surface area contributed by atoms with Gasteiger partial charge in [-0.25, -0.2) is 0 Å². The predicted molar refractivity (Wildman–Crippen MR) is 89.2 cm³/mol. The van der Waals surface area contributed by atoms with Crippen LogP contribution in [0.25, 0.3) is 21.5 Å². The molecule has 0 atom stereocenters. The Balaban J connectivity index is 1.89. The maximum Gasteiger partial charge on any atom is 0.222 e. The Bertz CT molecular complexity index is 811. The number of nitrogens with one attached hydrogen (secondary N) is 1. The first-order chi connectivity index (χ1) is 10.8. The summed E-state index contributed by atoms with van der Waals surface area (Å²) in [6.07, 6.45) is 0.331. The highest BCUT2D eigenvalue weighted by Gasteiger charge is 2.05. The van der Waals surface area contributed by atoms with Gasteiger partial charge in [0.05, 0.1) is 13.7 Å². The molecule has 1 radical (unpaired) electrons. The van der Waals surface area contributed by atoms with E-state index in [1.807, 2.05) is 18.2 Å². The number of fused-ring (bicyclic) bond motifs is 2. The summed E-state index contributed by atoms with van der Waals surface area (Å²) in [7, 11) is 3.27. The minimum absolute atomic E-state index is 0.0264. The Labute approximate surface area is 129 Å². The molecule has 22 heavy (non-hydrogen) atoms. The molecular formula is C19H18NO2. The first-order valence-electron chi connectivity index (χ1n) is 7.32. The molecule has 0 spiro atoms. The van der Waals surface area contributed by atoms with Gasteiger partial charge in [-0.05, 0) is 39.2 Å². The molecule has 0 bridgehead atoms. The van der Waals surface area contributed by atoms with Crippen molar-refractivity contribution < 1.29 is 9.53 Å². The third-order valence-corrected chi connectivity index (χ3v) is 3.79. The van der Waals surface area contributed by atoms with Crippen molar-refractivity contribution in [2.75, 3.05) is 6.61 Å². The minimum atomic E-state index is -0.0264. The lowest BCUT2D eigenvalue weighted by atomic mass is 10.00. The van der Waals surface area contributed by atoms with Crippen LogP contribution in [0.2, 0.25) is 0 Å². The van der Waals surface area contributed by atoms with Crippen LogP contribution in [-0.4, -0.2) is 12.5 Å². The zero-order chi connectivity index (χ0) is 15.4. The summed E-state index contributed by atoms with van der Waals surface area (Å²) >= 11 is 0. The second kappa shape index (κ2) is 6.58. The zero-order valence-corrected chi connectivity index (χ0v) is 12.3. The lowest BCUT2D eigenvalue weighted by Gasteiger charge is -2.10. The normalized spacial score (nSPS) is 11.0. The maximum absolute atomic E-state index is 11.7. The molecule has 0 aliphatic rings. The van der Waals surface area contributed by atoms with Gasteiger partial charge in [-0.1, -0.05) is 42.5 Å². The van der Waals surface area contributed by atoms with Gasteiger partial charge in [-0.2, -0.15) is 0 Å². The molecule has 0 fully saturated rings. The summed E-state index contributed by atoms with van der Waals surface area (Å²) in [5.41, 5.74) is 1.12. The largest absolute Gasteiger partial charge is 0.379 e. The van der Waals surface area contributed by atoms with Gasteiger partial charge in [0, 0.05) is 13.0 Å². The van der Waals surface area contributed by atoms with Gasteiger partial charge in [0.15, 0.2) is 0 Å². The molecule has 3 aromatic carbocycles. The summed E-state index contributed by atoms with van der Waals surface area (Å²) < 4.78 is 4.67. The fourth-order valence-corrected chi connectivity index (χ4v) is 2.63. The van der Waals surface area contributed by atoms with Gasteiger partial charge in [0.25, 0.3) is 0 Å². The van der Waals surface area contributed by atoms with Crippen LogP contribution in [0.5, 0.6) is 0 Å². The number of ether oxygens (including phenoxy) is 1. The first-order valence-corrected chi connectivity index (χ1v) is 7.32. The topological polar surface area (TPSA) is 38.3 Å². The maximum atomic E-state index is 11.7. The summed E-state index contributed by atoms with van der Waals surface area (Å²) in [6.45, 7) is 0.859. The third kappa shape index (κ3) is 3.10. The van der Waals surface area contributed by atoms with Crippen molar-refractivity contribution in [3.05, 3.63) is 67.3 Å². The van der Waals surface area contributed by atoms with E-state index in [9.17, 15) is 4.79 Å². The average Bonchev–Trinajstić information content (AvgIpc) is 2.56. The van der Waals surface area contributed by atoms with Gasteiger partial charge in [-0.15, -0.1) is 0 Å². The highest BCUT2D eigenvalue weighted by atomic mass is 16.5. The monoisotopic (exact) mass is 292 g/mol.